The summed E-state index contributed by atoms with van der Waals surface area (Å²) in [6.45, 7) is 0. The predicted molar refractivity (Wildman–Crippen MR) is 99.8 cm³/mol. The highest BCUT2D eigenvalue weighted by atomic mass is 79.9. The van der Waals surface area contributed by atoms with Crippen molar-refractivity contribution in [1.82, 2.24) is 5.32 Å². The number of carbonyl (C=O) groups excluding carboxylic acids is 2. The van der Waals surface area contributed by atoms with E-state index in [9.17, 15) is 22.8 Å². The number of nitrogens with one attached hydrogen (secondary N) is 2. The van der Waals surface area contributed by atoms with Gasteiger partial charge in [0.2, 0.25) is 0 Å². The van der Waals surface area contributed by atoms with Crippen LogP contribution in [0.2, 0.25) is 10.0 Å². The highest BCUT2D eigenvalue weighted by Gasteiger charge is 2.35. The molecule has 0 atom stereocenters. The molecule has 0 radical (unpaired) electrons. The molecule has 2 aromatic rings. The smallest absolute Gasteiger partial charge is 0.307 e. The fourth-order valence-corrected chi connectivity index (χ4v) is 3.17. The Bertz CT molecular complexity index is 872. The third-order valence-electron chi connectivity index (χ3n) is 3.03. The summed E-state index contributed by atoms with van der Waals surface area (Å²) in [6.07, 6.45) is -4.72. The molecule has 0 bridgehead atoms. The van der Waals surface area contributed by atoms with Crippen molar-refractivity contribution in [3.05, 3.63) is 60.4 Å². The van der Waals surface area contributed by atoms with Crippen LogP contribution in [0.4, 0.5) is 23.7 Å². The van der Waals surface area contributed by atoms with Crippen molar-refractivity contribution in [1.29, 1.82) is 0 Å². The average molecular weight is 535 g/mol. The molecule has 0 spiro atoms. The Morgan fingerprint density at radius 3 is 2.08 bits per heavy atom. The molecule has 0 unspecified atom stereocenters. The van der Waals surface area contributed by atoms with Crippen molar-refractivity contribution in [3.8, 4) is 0 Å². The van der Waals surface area contributed by atoms with Crippen LogP contribution in [0.15, 0.2) is 39.3 Å². The second kappa shape index (κ2) is 8.16. The van der Waals surface area contributed by atoms with Crippen LogP contribution in [0.1, 0.15) is 15.9 Å². The Labute approximate surface area is 172 Å². The summed E-state index contributed by atoms with van der Waals surface area (Å²) in [6, 6.07) is 4.94. The predicted octanol–water partition coefficient (Wildman–Crippen LogP) is 6.50. The van der Waals surface area contributed by atoms with E-state index < -0.39 is 29.4 Å². The number of amides is 3. The second-order valence-corrected chi connectivity index (χ2v) is 7.34. The van der Waals surface area contributed by atoms with Gasteiger partial charge in [-0.05, 0) is 56.1 Å². The molecule has 0 fully saturated rings. The summed E-state index contributed by atoms with van der Waals surface area (Å²) in [4.78, 5) is 24.1. The zero-order valence-electron chi connectivity index (χ0n) is 12.3. The van der Waals surface area contributed by atoms with Crippen LogP contribution in [-0.4, -0.2) is 11.9 Å². The van der Waals surface area contributed by atoms with Gasteiger partial charge in [0, 0.05) is 8.95 Å². The number of imide groups is 1. The van der Waals surface area contributed by atoms with Crippen LogP contribution >= 0.6 is 55.1 Å². The molecule has 0 aliphatic heterocycles. The van der Waals surface area contributed by atoms with Crippen molar-refractivity contribution in [3.63, 3.8) is 0 Å². The van der Waals surface area contributed by atoms with Crippen molar-refractivity contribution >= 4 is 72.7 Å². The van der Waals surface area contributed by atoms with Crippen LogP contribution in [-0.2, 0) is 6.18 Å². The zero-order valence-corrected chi connectivity index (χ0v) is 17.0. The Balaban J connectivity index is 2.26. The van der Waals surface area contributed by atoms with Crippen molar-refractivity contribution < 1.29 is 22.8 Å². The lowest BCUT2D eigenvalue weighted by Crippen LogP contribution is -2.35. The molecular formula is C15H7Br2Cl2F3N2O2. The molecule has 0 aliphatic carbocycles. The topological polar surface area (TPSA) is 58.2 Å². The molecule has 2 N–H and O–H groups in total. The highest BCUT2D eigenvalue weighted by Crippen LogP contribution is 2.39. The van der Waals surface area contributed by atoms with Crippen LogP contribution in [0, 0.1) is 0 Å². The standard InChI is InChI=1S/C15H7Br2Cl2F3N2O2/c16-7-4-6(15(20,21)22)11(5-8(7)17)23-14(26)24-13(25)12-9(18)2-1-3-10(12)19/h1-5H,(H2,23,24,25,26). The average Bonchev–Trinajstić information content (AvgIpc) is 2.49. The molecule has 0 saturated heterocycles. The molecule has 138 valence electrons. The van der Waals surface area contributed by atoms with Gasteiger partial charge in [0.1, 0.15) is 0 Å². The molecule has 0 aliphatic rings. The lowest BCUT2D eigenvalue weighted by atomic mass is 10.1. The largest absolute Gasteiger partial charge is 0.418 e. The Kier molecular flexibility index (Phi) is 6.60. The minimum atomic E-state index is -4.72. The monoisotopic (exact) mass is 532 g/mol. The third kappa shape index (κ3) is 4.91. The summed E-state index contributed by atoms with van der Waals surface area (Å²) in [5.74, 6) is -0.956. The molecule has 0 heterocycles. The van der Waals surface area contributed by atoms with Gasteiger partial charge in [-0.3, -0.25) is 10.1 Å². The lowest BCUT2D eigenvalue weighted by Gasteiger charge is -2.15. The van der Waals surface area contributed by atoms with E-state index in [2.05, 4.69) is 31.9 Å². The van der Waals surface area contributed by atoms with Gasteiger partial charge in [0.25, 0.3) is 5.91 Å². The number of rotatable bonds is 2. The quantitative estimate of drug-likeness (QED) is 0.462. The minimum absolute atomic E-state index is 0.00910. The summed E-state index contributed by atoms with van der Waals surface area (Å²) < 4.78 is 39.8. The molecule has 2 aromatic carbocycles. The van der Waals surface area contributed by atoms with E-state index in [-0.39, 0.29) is 24.6 Å². The van der Waals surface area contributed by atoms with E-state index in [1.54, 1.807) is 0 Å². The maximum atomic E-state index is 13.1. The number of urea groups is 1. The summed E-state index contributed by atoms with van der Waals surface area (Å²) >= 11 is 17.7. The zero-order chi connectivity index (χ0) is 19.6. The van der Waals surface area contributed by atoms with E-state index in [1.165, 1.54) is 18.2 Å². The SMILES string of the molecule is O=C(NC(=O)c1c(Cl)cccc1Cl)Nc1cc(Br)c(Br)cc1C(F)(F)F. The first kappa shape index (κ1) is 21.0. The molecule has 11 heteroatoms. The van der Waals surface area contributed by atoms with E-state index in [1.807, 2.05) is 10.6 Å². The number of carbonyl (C=O) groups is 2. The van der Waals surface area contributed by atoms with Crippen LogP contribution in [0.25, 0.3) is 0 Å². The first-order valence-electron chi connectivity index (χ1n) is 6.63. The fourth-order valence-electron chi connectivity index (χ4n) is 1.92. The molecule has 0 saturated carbocycles. The van der Waals surface area contributed by atoms with Gasteiger partial charge < -0.3 is 5.32 Å². The van der Waals surface area contributed by atoms with Gasteiger partial charge in [-0.15, -0.1) is 0 Å². The van der Waals surface area contributed by atoms with Crippen molar-refractivity contribution in [2.45, 2.75) is 6.18 Å². The van der Waals surface area contributed by atoms with Gasteiger partial charge in [0.05, 0.1) is 26.9 Å². The normalized spacial score (nSPS) is 11.2. The number of benzene rings is 2. The Hall–Kier alpha value is -1.29. The van der Waals surface area contributed by atoms with E-state index in [0.29, 0.717) is 0 Å². The molecule has 26 heavy (non-hydrogen) atoms. The second-order valence-electron chi connectivity index (χ2n) is 4.81. The Morgan fingerprint density at radius 1 is 1.00 bits per heavy atom. The maximum Gasteiger partial charge on any atom is 0.418 e. The number of halogens is 7. The number of hydrogen-bond donors (Lipinski definition) is 2. The summed E-state index contributed by atoms with van der Waals surface area (Å²) in [5, 5.41) is 3.87. The van der Waals surface area contributed by atoms with Crippen molar-refractivity contribution in [2.75, 3.05) is 5.32 Å². The first-order valence-corrected chi connectivity index (χ1v) is 8.97. The summed E-state index contributed by atoms with van der Waals surface area (Å²) in [7, 11) is 0. The van der Waals surface area contributed by atoms with Gasteiger partial charge in [0.15, 0.2) is 0 Å². The molecular weight excluding hydrogens is 528 g/mol. The van der Waals surface area contributed by atoms with Crippen LogP contribution in [0.5, 0.6) is 0 Å². The third-order valence-corrected chi connectivity index (χ3v) is 5.51. The van der Waals surface area contributed by atoms with E-state index in [0.717, 1.165) is 12.1 Å². The van der Waals surface area contributed by atoms with Gasteiger partial charge in [-0.25, -0.2) is 4.79 Å². The van der Waals surface area contributed by atoms with Crippen LogP contribution < -0.4 is 10.6 Å². The lowest BCUT2D eigenvalue weighted by molar-refractivity contribution is -0.137. The number of alkyl halides is 3. The first-order chi connectivity index (χ1) is 12.0. The molecule has 4 nitrogen and oxygen atoms in total. The van der Waals surface area contributed by atoms with E-state index in [4.69, 9.17) is 23.2 Å². The van der Waals surface area contributed by atoms with Gasteiger partial charge in [-0.2, -0.15) is 13.2 Å². The molecule has 0 aromatic heterocycles. The molecule has 2 rings (SSSR count). The van der Waals surface area contributed by atoms with E-state index >= 15 is 0 Å². The number of anilines is 1. The highest BCUT2D eigenvalue weighted by molar-refractivity contribution is 9.13. The summed E-state index contributed by atoms with van der Waals surface area (Å²) in [5.41, 5.74) is -1.80. The van der Waals surface area contributed by atoms with Gasteiger partial charge in [-0.1, -0.05) is 29.3 Å². The van der Waals surface area contributed by atoms with Gasteiger partial charge >= 0.3 is 12.2 Å². The maximum absolute atomic E-state index is 13.1. The van der Waals surface area contributed by atoms with Crippen molar-refractivity contribution in [2.24, 2.45) is 0 Å². The minimum Gasteiger partial charge on any atom is -0.307 e. The van der Waals surface area contributed by atoms with Crippen LogP contribution in [0.3, 0.4) is 0 Å². The number of hydrogen-bond acceptors (Lipinski definition) is 2. The Morgan fingerprint density at radius 2 is 1.54 bits per heavy atom. The molecule has 3 amide bonds. The fraction of sp³-hybridized carbons (Fsp3) is 0.0667.